The Kier molecular flexibility index (Phi) is 14.4. The molecule has 0 bridgehead atoms. The number of ether oxygens (including phenoxy) is 3. The predicted molar refractivity (Wildman–Crippen MR) is 118 cm³/mol. The van der Waals surface area contributed by atoms with Crippen LogP contribution >= 0.6 is 0 Å². The Hall–Kier alpha value is -2.08. The zero-order valence-electron chi connectivity index (χ0n) is 18.6. The summed E-state index contributed by atoms with van der Waals surface area (Å²) in [7, 11) is 0. The maximum Gasteiger partial charge on any atom is 0.518 e. The van der Waals surface area contributed by atoms with E-state index in [1.165, 1.54) is 38.5 Å². The molecule has 1 aromatic carbocycles. The fourth-order valence-corrected chi connectivity index (χ4v) is 3.30. The third kappa shape index (κ3) is 12.5. The lowest BCUT2D eigenvalue weighted by Gasteiger charge is -2.17. The Morgan fingerprint density at radius 1 is 0.833 bits per heavy atom. The minimum Gasteiger partial charge on any atom is -0.432 e. The van der Waals surface area contributed by atoms with Crippen molar-refractivity contribution in [2.24, 2.45) is 5.73 Å². The van der Waals surface area contributed by atoms with E-state index in [9.17, 15) is 9.59 Å². The lowest BCUT2D eigenvalue weighted by Crippen LogP contribution is -2.24. The molecule has 170 valence electrons. The third-order valence-corrected chi connectivity index (χ3v) is 5.03. The van der Waals surface area contributed by atoms with E-state index in [-0.39, 0.29) is 12.7 Å². The minimum atomic E-state index is -1.09. The van der Waals surface area contributed by atoms with Gasteiger partial charge in [-0.25, -0.2) is 9.59 Å². The van der Waals surface area contributed by atoms with Gasteiger partial charge in [0, 0.05) is 0 Å². The fraction of sp³-hybridized carbons (Fsp3) is 0.667. The molecule has 2 N–H and O–H groups in total. The molecular weight excluding hydrogens is 382 g/mol. The number of rotatable bonds is 15. The number of carbonyl (C=O) groups excluding carboxylic acids is 2. The summed E-state index contributed by atoms with van der Waals surface area (Å²) < 4.78 is 14.9. The van der Waals surface area contributed by atoms with Crippen molar-refractivity contribution in [1.29, 1.82) is 0 Å². The molecule has 2 atom stereocenters. The topological polar surface area (TPSA) is 87.8 Å². The van der Waals surface area contributed by atoms with Crippen molar-refractivity contribution in [2.75, 3.05) is 6.61 Å². The molecule has 0 radical (unpaired) electrons. The zero-order chi connectivity index (χ0) is 22.0. The molecule has 2 unspecified atom stereocenters. The molecule has 0 aliphatic carbocycles. The second kappa shape index (κ2) is 16.7. The molecule has 0 heterocycles. The van der Waals surface area contributed by atoms with Gasteiger partial charge in [-0.1, -0.05) is 95.5 Å². The van der Waals surface area contributed by atoms with Gasteiger partial charge < -0.3 is 19.9 Å². The summed E-state index contributed by atoms with van der Waals surface area (Å²) in [6.07, 6.45) is 9.89. The molecule has 0 fully saturated rings. The number of nitrogens with two attached hydrogens (primary N) is 1. The van der Waals surface area contributed by atoms with Gasteiger partial charge in [0.05, 0.1) is 6.04 Å². The van der Waals surface area contributed by atoms with E-state index in [0.717, 1.165) is 37.7 Å². The first-order valence-corrected chi connectivity index (χ1v) is 11.4. The average molecular weight is 422 g/mol. The summed E-state index contributed by atoms with van der Waals surface area (Å²) in [5, 5.41) is 0. The highest BCUT2D eigenvalue weighted by atomic mass is 16.8. The normalized spacial score (nSPS) is 12.8. The van der Waals surface area contributed by atoms with E-state index in [4.69, 9.17) is 15.2 Å². The first-order valence-electron chi connectivity index (χ1n) is 11.4. The Morgan fingerprint density at radius 2 is 1.47 bits per heavy atom. The highest BCUT2D eigenvalue weighted by Gasteiger charge is 2.19. The van der Waals surface area contributed by atoms with Crippen molar-refractivity contribution in [2.45, 2.75) is 96.6 Å². The van der Waals surface area contributed by atoms with E-state index in [0.29, 0.717) is 0 Å². The Morgan fingerprint density at radius 3 is 2.10 bits per heavy atom. The Bertz CT molecular complexity index is 578. The number of unbranched alkanes of at least 4 members (excludes halogenated alkanes) is 7. The SMILES string of the molecule is CCCCCCCCCCC(CCC)OC(=O)OC(=O)OCC(N)c1ccccc1. The van der Waals surface area contributed by atoms with Gasteiger partial charge in [-0.2, -0.15) is 0 Å². The summed E-state index contributed by atoms with van der Waals surface area (Å²) in [5.74, 6) is 0. The molecule has 0 saturated carbocycles. The van der Waals surface area contributed by atoms with Crippen molar-refractivity contribution >= 4 is 12.3 Å². The number of hydrogen-bond acceptors (Lipinski definition) is 6. The molecule has 0 saturated heterocycles. The molecular formula is C24H39NO5. The molecule has 0 aliphatic rings. The van der Waals surface area contributed by atoms with E-state index >= 15 is 0 Å². The Balaban J connectivity index is 2.22. The lowest BCUT2D eigenvalue weighted by molar-refractivity contribution is 0.0101. The standard InChI is InChI=1S/C24H39NO5/c1-3-5-6-7-8-9-10-14-18-21(15-4-2)29-24(27)30-23(26)28-19-22(25)20-16-12-11-13-17-20/h11-13,16-17,21-22H,3-10,14-15,18-19,25H2,1-2H3. The monoisotopic (exact) mass is 421 g/mol. The highest BCUT2D eigenvalue weighted by Crippen LogP contribution is 2.16. The van der Waals surface area contributed by atoms with Crippen LogP contribution in [0.5, 0.6) is 0 Å². The second-order valence-electron chi connectivity index (χ2n) is 7.72. The van der Waals surface area contributed by atoms with Gasteiger partial charge >= 0.3 is 12.3 Å². The van der Waals surface area contributed by atoms with Crippen LogP contribution in [-0.4, -0.2) is 25.0 Å². The molecule has 1 rings (SSSR count). The summed E-state index contributed by atoms with van der Waals surface area (Å²) in [4.78, 5) is 23.6. The average Bonchev–Trinajstić information content (AvgIpc) is 2.74. The molecule has 0 spiro atoms. The fourth-order valence-electron chi connectivity index (χ4n) is 3.30. The van der Waals surface area contributed by atoms with E-state index in [1.54, 1.807) is 0 Å². The zero-order valence-corrected chi connectivity index (χ0v) is 18.6. The maximum absolute atomic E-state index is 11.9. The van der Waals surface area contributed by atoms with Gasteiger partial charge in [-0.3, -0.25) is 0 Å². The van der Waals surface area contributed by atoms with Crippen molar-refractivity contribution in [1.82, 2.24) is 0 Å². The van der Waals surface area contributed by atoms with Crippen LogP contribution in [-0.2, 0) is 14.2 Å². The van der Waals surface area contributed by atoms with Gasteiger partial charge in [0.15, 0.2) is 0 Å². The summed E-state index contributed by atoms with van der Waals surface area (Å²) >= 11 is 0. The third-order valence-electron chi connectivity index (χ3n) is 5.03. The molecule has 0 aromatic heterocycles. The van der Waals surface area contributed by atoms with Crippen LogP contribution in [0.2, 0.25) is 0 Å². The van der Waals surface area contributed by atoms with E-state index in [2.05, 4.69) is 11.7 Å². The molecule has 0 amide bonds. The van der Waals surface area contributed by atoms with Crippen molar-refractivity contribution in [3.8, 4) is 0 Å². The van der Waals surface area contributed by atoms with Crippen LogP contribution in [0.1, 0.15) is 96.1 Å². The van der Waals surface area contributed by atoms with Crippen LogP contribution < -0.4 is 5.73 Å². The van der Waals surface area contributed by atoms with Crippen molar-refractivity contribution in [3.05, 3.63) is 35.9 Å². The summed E-state index contributed by atoms with van der Waals surface area (Å²) in [6, 6.07) is 8.78. The van der Waals surface area contributed by atoms with Crippen LogP contribution in [0.25, 0.3) is 0 Å². The summed E-state index contributed by atoms with van der Waals surface area (Å²) in [6.45, 7) is 4.18. The van der Waals surface area contributed by atoms with Crippen LogP contribution in [0, 0.1) is 0 Å². The van der Waals surface area contributed by atoms with Gasteiger partial charge in [0.2, 0.25) is 0 Å². The largest absolute Gasteiger partial charge is 0.518 e. The Labute approximate surface area is 181 Å². The molecule has 6 heteroatoms. The molecule has 30 heavy (non-hydrogen) atoms. The summed E-state index contributed by atoms with van der Waals surface area (Å²) in [5.41, 5.74) is 6.79. The van der Waals surface area contributed by atoms with Gasteiger partial charge in [0.25, 0.3) is 0 Å². The van der Waals surface area contributed by atoms with Crippen LogP contribution in [0.4, 0.5) is 9.59 Å². The van der Waals surface area contributed by atoms with Gasteiger partial charge in [0.1, 0.15) is 12.7 Å². The molecule has 1 aromatic rings. The first-order chi connectivity index (χ1) is 14.6. The smallest absolute Gasteiger partial charge is 0.432 e. The highest BCUT2D eigenvalue weighted by molar-refractivity contribution is 5.77. The van der Waals surface area contributed by atoms with Gasteiger partial charge in [-0.05, 0) is 24.8 Å². The van der Waals surface area contributed by atoms with Gasteiger partial charge in [-0.15, -0.1) is 0 Å². The number of hydrogen-bond donors (Lipinski definition) is 1. The quantitative estimate of drug-likeness (QED) is 0.193. The maximum atomic E-state index is 11.9. The molecule has 6 nitrogen and oxygen atoms in total. The predicted octanol–water partition coefficient (Wildman–Crippen LogP) is 6.68. The van der Waals surface area contributed by atoms with E-state index < -0.39 is 18.4 Å². The van der Waals surface area contributed by atoms with Crippen molar-refractivity contribution in [3.63, 3.8) is 0 Å². The second-order valence-corrected chi connectivity index (χ2v) is 7.72. The van der Waals surface area contributed by atoms with E-state index in [1.807, 2.05) is 37.3 Å². The number of benzene rings is 1. The van der Waals surface area contributed by atoms with Crippen LogP contribution in [0.15, 0.2) is 30.3 Å². The minimum absolute atomic E-state index is 0.0766. The van der Waals surface area contributed by atoms with Crippen LogP contribution in [0.3, 0.4) is 0 Å². The lowest BCUT2D eigenvalue weighted by atomic mass is 10.0. The first kappa shape index (κ1) is 26.0. The molecule has 0 aliphatic heterocycles. The van der Waals surface area contributed by atoms with Crippen molar-refractivity contribution < 1.29 is 23.8 Å². The number of carbonyl (C=O) groups is 2.